The summed E-state index contributed by atoms with van der Waals surface area (Å²) in [6, 6.07) is -0.951. The number of hydrogen-bond donors (Lipinski definition) is 2. The molecule has 3 N–H and O–H groups in total. The first-order valence-electron chi connectivity index (χ1n) is 3.62. The molecule has 0 spiro atoms. The maximum absolute atomic E-state index is 10.9. The van der Waals surface area contributed by atoms with Crippen molar-refractivity contribution in [2.45, 2.75) is 19.9 Å². The predicted octanol–water partition coefficient (Wildman–Crippen LogP) is -0.148. The zero-order valence-electron chi connectivity index (χ0n) is 7.46. The summed E-state index contributed by atoms with van der Waals surface area (Å²) < 4.78 is 4.48. The van der Waals surface area contributed by atoms with Crippen LogP contribution in [0.25, 0.3) is 0 Å². The van der Waals surface area contributed by atoms with E-state index >= 15 is 0 Å². The van der Waals surface area contributed by atoms with Crippen LogP contribution in [-0.4, -0.2) is 25.2 Å². The topological polar surface area (TPSA) is 81.4 Å². The molecule has 0 bridgehead atoms. The number of primary amides is 1. The van der Waals surface area contributed by atoms with Crippen LogP contribution in [0.5, 0.6) is 0 Å². The smallest absolute Gasteiger partial charge is 0.312 e. The molecule has 0 fully saturated rings. The number of methoxy groups -OCH3 is 1. The highest BCUT2D eigenvalue weighted by atomic mass is 16.5. The van der Waals surface area contributed by atoms with Crippen molar-refractivity contribution in [3.8, 4) is 0 Å². The largest absolute Gasteiger partial charge is 0.469 e. The number of amides is 2. The molecule has 0 aliphatic rings. The van der Waals surface area contributed by atoms with E-state index in [1.165, 1.54) is 7.11 Å². The number of carbonyl (C=O) groups is 2. The molecule has 70 valence electrons. The number of ether oxygens (including phenoxy) is 1. The van der Waals surface area contributed by atoms with Crippen LogP contribution in [0.2, 0.25) is 0 Å². The Morgan fingerprint density at radius 2 is 1.92 bits per heavy atom. The standard InChI is InChI=1S/C7H14N2O3/c1-4(6(10)12-3)5(2)9-7(8)11/h4-5H,1-3H3,(H3,8,9,11)/t4-,5+/m1/s1. The Morgan fingerprint density at radius 3 is 2.25 bits per heavy atom. The molecule has 0 rings (SSSR count). The number of rotatable bonds is 3. The van der Waals surface area contributed by atoms with E-state index in [2.05, 4.69) is 10.1 Å². The van der Waals surface area contributed by atoms with Crippen LogP contribution in [0.3, 0.4) is 0 Å². The minimum atomic E-state index is -0.641. The van der Waals surface area contributed by atoms with E-state index in [1.54, 1.807) is 13.8 Å². The van der Waals surface area contributed by atoms with Gasteiger partial charge in [0.05, 0.1) is 13.0 Å². The van der Waals surface area contributed by atoms with Crippen molar-refractivity contribution in [3.63, 3.8) is 0 Å². The molecule has 0 aliphatic carbocycles. The van der Waals surface area contributed by atoms with Gasteiger partial charge in [0.15, 0.2) is 0 Å². The van der Waals surface area contributed by atoms with Gasteiger partial charge in [0.1, 0.15) is 0 Å². The van der Waals surface area contributed by atoms with Crippen molar-refractivity contribution in [2.75, 3.05) is 7.11 Å². The number of hydrogen-bond acceptors (Lipinski definition) is 3. The zero-order valence-corrected chi connectivity index (χ0v) is 7.46. The maximum atomic E-state index is 10.9. The van der Waals surface area contributed by atoms with E-state index in [9.17, 15) is 9.59 Å². The van der Waals surface area contributed by atoms with E-state index in [1.807, 2.05) is 0 Å². The lowest BCUT2D eigenvalue weighted by atomic mass is 10.0. The van der Waals surface area contributed by atoms with Gasteiger partial charge in [-0.2, -0.15) is 0 Å². The van der Waals surface area contributed by atoms with Crippen molar-refractivity contribution >= 4 is 12.0 Å². The van der Waals surface area contributed by atoms with Gasteiger partial charge in [0.2, 0.25) is 0 Å². The molecule has 2 atom stereocenters. The van der Waals surface area contributed by atoms with Crippen LogP contribution < -0.4 is 11.1 Å². The van der Waals surface area contributed by atoms with E-state index < -0.39 is 6.03 Å². The third-order valence-corrected chi connectivity index (χ3v) is 1.69. The lowest BCUT2D eigenvalue weighted by molar-refractivity contribution is -0.145. The number of esters is 1. The Kier molecular flexibility index (Phi) is 4.10. The number of nitrogens with two attached hydrogens (primary N) is 1. The normalized spacial score (nSPS) is 14.6. The van der Waals surface area contributed by atoms with Crippen LogP contribution in [0.15, 0.2) is 0 Å². The molecule has 0 unspecified atom stereocenters. The Bertz CT molecular complexity index is 181. The Labute approximate surface area is 71.3 Å². The fraction of sp³-hybridized carbons (Fsp3) is 0.714. The van der Waals surface area contributed by atoms with Crippen molar-refractivity contribution < 1.29 is 14.3 Å². The second-order valence-corrected chi connectivity index (χ2v) is 2.61. The molecular weight excluding hydrogens is 160 g/mol. The maximum Gasteiger partial charge on any atom is 0.312 e. The monoisotopic (exact) mass is 174 g/mol. The van der Waals surface area contributed by atoms with E-state index in [0.717, 1.165) is 0 Å². The van der Waals surface area contributed by atoms with Gasteiger partial charge < -0.3 is 15.8 Å². The van der Waals surface area contributed by atoms with Gasteiger partial charge in [-0.15, -0.1) is 0 Å². The number of nitrogens with one attached hydrogen (secondary N) is 1. The Hall–Kier alpha value is -1.26. The predicted molar refractivity (Wildman–Crippen MR) is 43.4 cm³/mol. The van der Waals surface area contributed by atoms with Crippen molar-refractivity contribution in [2.24, 2.45) is 11.7 Å². The molecule has 5 nitrogen and oxygen atoms in total. The van der Waals surface area contributed by atoms with Crippen LogP contribution >= 0.6 is 0 Å². The van der Waals surface area contributed by atoms with E-state index in [-0.39, 0.29) is 17.9 Å². The summed E-state index contributed by atoms with van der Waals surface area (Å²) >= 11 is 0. The van der Waals surface area contributed by atoms with Gasteiger partial charge in [-0.05, 0) is 13.8 Å². The summed E-state index contributed by atoms with van der Waals surface area (Å²) in [6.45, 7) is 3.35. The quantitative estimate of drug-likeness (QED) is 0.584. The summed E-state index contributed by atoms with van der Waals surface area (Å²) in [5.74, 6) is -0.751. The lowest BCUT2D eigenvalue weighted by Crippen LogP contribution is -2.43. The Morgan fingerprint density at radius 1 is 1.42 bits per heavy atom. The summed E-state index contributed by atoms with van der Waals surface area (Å²) in [5.41, 5.74) is 4.87. The molecule has 0 aromatic carbocycles. The summed E-state index contributed by atoms with van der Waals surface area (Å²) in [7, 11) is 1.30. The van der Waals surface area contributed by atoms with Crippen LogP contribution in [0.1, 0.15) is 13.8 Å². The second-order valence-electron chi connectivity index (χ2n) is 2.61. The first-order valence-corrected chi connectivity index (χ1v) is 3.62. The van der Waals surface area contributed by atoms with Crippen molar-refractivity contribution in [3.05, 3.63) is 0 Å². The van der Waals surface area contributed by atoms with Crippen LogP contribution in [0.4, 0.5) is 4.79 Å². The minimum absolute atomic E-state index is 0.310. The highest BCUT2D eigenvalue weighted by Gasteiger charge is 2.21. The SMILES string of the molecule is COC(=O)[C@H](C)[C@H](C)NC(N)=O. The summed E-state index contributed by atoms with van der Waals surface area (Å²) in [4.78, 5) is 21.3. The summed E-state index contributed by atoms with van der Waals surface area (Å²) in [5, 5.41) is 2.40. The minimum Gasteiger partial charge on any atom is -0.469 e. The molecule has 5 heteroatoms. The summed E-state index contributed by atoms with van der Waals surface area (Å²) in [6.07, 6.45) is 0. The van der Waals surface area contributed by atoms with Crippen molar-refractivity contribution in [1.29, 1.82) is 0 Å². The van der Waals surface area contributed by atoms with E-state index in [4.69, 9.17) is 5.73 Å². The molecule has 0 heterocycles. The molecule has 0 aliphatic heterocycles. The van der Waals surface area contributed by atoms with Gasteiger partial charge in [-0.25, -0.2) is 4.79 Å². The first-order chi connectivity index (χ1) is 5.49. The average molecular weight is 174 g/mol. The van der Waals surface area contributed by atoms with Crippen LogP contribution in [0, 0.1) is 5.92 Å². The third kappa shape index (κ3) is 3.23. The van der Waals surface area contributed by atoms with Crippen LogP contribution in [-0.2, 0) is 9.53 Å². The fourth-order valence-electron chi connectivity index (χ4n) is 0.739. The van der Waals surface area contributed by atoms with Gasteiger partial charge in [-0.3, -0.25) is 4.79 Å². The number of carbonyl (C=O) groups excluding carboxylic acids is 2. The molecule has 12 heavy (non-hydrogen) atoms. The fourth-order valence-corrected chi connectivity index (χ4v) is 0.739. The molecular formula is C7H14N2O3. The Balaban J connectivity index is 4.00. The highest BCUT2D eigenvalue weighted by molar-refractivity contribution is 5.76. The van der Waals surface area contributed by atoms with Crippen molar-refractivity contribution in [1.82, 2.24) is 5.32 Å². The second kappa shape index (κ2) is 4.58. The van der Waals surface area contributed by atoms with Gasteiger partial charge in [0, 0.05) is 6.04 Å². The zero-order chi connectivity index (χ0) is 9.72. The molecule has 0 aromatic rings. The molecule has 0 saturated heterocycles. The van der Waals surface area contributed by atoms with Gasteiger partial charge in [-0.1, -0.05) is 0 Å². The number of urea groups is 1. The molecule has 0 saturated carbocycles. The lowest BCUT2D eigenvalue weighted by Gasteiger charge is -2.17. The first kappa shape index (κ1) is 10.7. The molecule has 0 aromatic heterocycles. The van der Waals surface area contributed by atoms with Gasteiger partial charge >= 0.3 is 12.0 Å². The van der Waals surface area contributed by atoms with Gasteiger partial charge in [0.25, 0.3) is 0 Å². The highest BCUT2D eigenvalue weighted by Crippen LogP contribution is 2.03. The van der Waals surface area contributed by atoms with E-state index in [0.29, 0.717) is 0 Å². The molecule has 0 radical (unpaired) electrons. The third-order valence-electron chi connectivity index (χ3n) is 1.69. The average Bonchev–Trinajstić information content (AvgIpc) is 2.00. The molecule has 2 amide bonds.